The maximum absolute atomic E-state index is 14.1. The van der Waals surface area contributed by atoms with Crippen LogP contribution in [0.25, 0.3) is 22.0 Å². The molecule has 174 valence electrons. The second-order valence-electron chi connectivity index (χ2n) is 8.05. The highest BCUT2D eigenvalue weighted by molar-refractivity contribution is 6.34. The van der Waals surface area contributed by atoms with Gasteiger partial charge in [0.15, 0.2) is 0 Å². The molecule has 34 heavy (non-hydrogen) atoms. The van der Waals surface area contributed by atoms with Crippen molar-refractivity contribution in [1.82, 2.24) is 15.0 Å². The Morgan fingerprint density at radius 3 is 2.71 bits per heavy atom. The summed E-state index contributed by atoms with van der Waals surface area (Å²) in [5, 5.41) is 13.9. The lowest BCUT2D eigenvalue weighted by Crippen LogP contribution is -2.44. The minimum absolute atomic E-state index is 0.0322. The van der Waals surface area contributed by atoms with Gasteiger partial charge in [0.2, 0.25) is 5.95 Å². The van der Waals surface area contributed by atoms with Gasteiger partial charge in [-0.3, -0.25) is 4.98 Å². The molecule has 1 unspecified atom stereocenters. The number of fused-ring (bicyclic) bond motifs is 1. The number of benzene rings is 2. The molecule has 2 N–H and O–H groups in total. The van der Waals surface area contributed by atoms with E-state index in [2.05, 4.69) is 20.3 Å². The quantitative estimate of drug-likeness (QED) is 0.426. The van der Waals surface area contributed by atoms with Crippen molar-refractivity contribution >= 4 is 34.1 Å². The maximum Gasteiger partial charge on any atom is 0.225 e. The van der Waals surface area contributed by atoms with E-state index >= 15 is 0 Å². The van der Waals surface area contributed by atoms with E-state index in [9.17, 15) is 9.50 Å². The lowest BCUT2D eigenvalue weighted by Gasteiger charge is -2.31. The van der Waals surface area contributed by atoms with Crippen molar-refractivity contribution in [3.05, 3.63) is 77.5 Å². The molecule has 4 aromatic rings. The van der Waals surface area contributed by atoms with Crippen LogP contribution in [0.4, 0.5) is 16.0 Å². The van der Waals surface area contributed by atoms with E-state index in [4.69, 9.17) is 16.3 Å². The van der Waals surface area contributed by atoms with Gasteiger partial charge in [0.1, 0.15) is 5.82 Å². The molecule has 7 nitrogen and oxygen atoms in total. The summed E-state index contributed by atoms with van der Waals surface area (Å²) in [4.78, 5) is 15.5. The molecule has 2 aromatic heterocycles. The highest BCUT2D eigenvalue weighted by Gasteiger charge is 2.21. The number of aliphatic hydroxyl groups is 1. The van der Waals surface area contributed by atoms with Crippen molar-refractivity contribution in [1.29, 1.82) is 0 Å². The molecular formula is C25H23ClFN5O2. The first-order valence-corrected chi connectivity index (χ1v) is 11.4. The highest BCUT2D eigenvalue weighted by atomic mass is 35.5. The van der Waals surface area contributed by atoms with Crippen LogP contribution in [-0.2, 0) is 11.3 Å². The van der Waals surface area contributed by atoms with Gasteiger partial charge in [-0.2, -0.15) is 0 Å². The fraction of sp³-hybridized carbons (Fsp3) is 0.240. The van der Waals surface area contributed by atoms with Crippen LogP contribution >= 0.6 is 11.6 Å². The summed E-state index contributed by atoms with van der Waals surface area (Å²) in [6.07, 6.45) is 4.91. The van der Waals surface area contributed by atoms with Gasteiger partial charge in [-0.1, -0.05) is 35.9 Å². The van der Waals surface area contributed by atoms with Crippen LogP contribution in [0.2, 0.25) is 5.02 Å². The Balaban J connectivity index is 1.42. The minimum Gasteiger partial charge on any atom is -0.394 e. The Morgan fingerprint density at radius 2 is 1.91 bits per heavy atom. The zero-order valence-electron chi connectivity index (χ0n) is 18.3. The number of nitrogens with one attached hydrogen (secondary N) is 1. The smallest absolute Gasteiger partial charge is 0.225 e. The lowest BCUT2D eigenvalue weighted by molar-refractivity contribution is 0.00314. The number of morpholine rings is 1. The molecule has 0 bridgehead atoms. The van der Waals surface area contributed by atoms with Crippen LogP contribution < -0.4 is 10.2 Å². The highest BCUT2D eigenvalue weighted by Crippen LogP contribution is 2.33. The standard InChI is InChI=1S/C25H23ClFN5O2/c26-21-13-28-23-6-5-16(9-20(23)24(21)29-10-17-3-1-2-4-22(17)27)18-11-30-25(31-12-18)32-7-8-34-19(14-32)15-33/h1-6,9,11-13,19,33H,7-8,10,14-15H2,(H,28,29). The number of nitrogens with zero attached hydrogens (tertiary/aromatic N) is 4. The van der Waals surface area contributed by atoms with Crippen LogP contribution in [0.3, 0.4) is 0 Å². The van der Waals surface area contributed by atoms with Crippen molar-refractivity contribution in [3.63, 3.8) is 0 Å². The van der Waals surface area contributed by atoms with Crippen molar-refractivity contribution in [3.8, 4) is 11.1 Å². The number of anilines is 2. The van der Waals surface area contributed by atoms with E-state index in [0.717, 1.165) is 22.0 Å². The number of halogens is 2. The molecule has 1 atom stereocenters. The second kappa shape index (κ2) is 9.89. The summed E-state index contributed by atoms with van der Waals surface area (Å²) in [7, 11) is 0. The Morgan fingerprint density at radius 1 is 1.09 bits per heavy atom. The van der Waals surface area contributed by atoms with E-state index in [1.807, 2.05) is 23.1 Å². The van der Waals surface area contributed by atoms with Gasteiger partial charge in [0.25, 0.3) is 0 Å². The monoisotopic (exact) mass is 479 g/mol. The summed E-state index contributed by atoms with van der Waals surface area (Å²) >= 11 is 6.46. The van der Waals surface area contributed by atoms with Gasteiger partial charge < -0.3 is 20.1 Å². The third-order valence-electron chi connectivity index (χ3n) is 5.83. The fourth-order valence-electron chi connectivity index (χ4n) is 4.00. The maximum atomic E-state index is 14.1. The first-order valence-electron chi connectivity index (χ1n) is 11.0. The molecule has 2 aromatic carbocycles. The summed E-state index contributed by atoms with van der Waals surface area (Å²) < 4.78 is 19.6. The molecule has 1 aliphatic heterocycles. The van der Waals surface area contributed by atoms with Crippen LogP contribution in [0.15, 0.2) is 61.1 Å². The van der Waals surface area contributed by atoms with E-state index < -0.39 is 0 Å². The number of ether oxygens (including phenoxy) is 1. The zero-order valence-corrected chi connectivity index (χ0v) is 19.0. The van der Waals surface area contributed by atoms with Crippen molar-refractivity contribution in [2.45, 2.75) is 12.6 Å². The third kappa shape index (κ3) is 4.65. The van der Waals surface area contributed by atoms with E-state index in [1.165, 1.54) is 6.07 Å². The number of hydrogen-bond acceptors (Lipinski definition) is 7. The molecular weight excluding hydrogens is 457 g/mol. The van der Waals surface area contributed by atoms with Gasteiger partial charge in [-0.05, 0) is 23.8 Å². The molecule has 0 radical (unpaired) electrons. The number of aromatic nitrogens is 3. The molecule has 9 heteroatoms. The molecule has 0 spiro atoms. The molecule has 0 amide bonds. The minimum atomic E-state index is -0.270. The molecule has 1 saturated heterocycles. The van der Waals surface area contributed by atoms with Crippen molar-refractivity contribution in [2.75, 3.05) is 36.5 Å². The summed E-state index contributed by atoms with van der Waals surface area (Å²) in [6.45, 7) is 2.01. The van der Waals surface area contributed by atoms with Gasteiger partial charge in [-0.15, -0.1) is 0 Å². The normalized spacial score (nSPS) is 16.1. The summed E-state index contributed by atoms with van der Waals surface area (Å²) in [6, 6.07) is 12.5. The predicted octanol–water partition coefficient (Wildman–Crippen LogP) is 4.29. The average Bonchev–Trinajstić information content (AvgIpc) is 2.89. The second-order valence-corrected chi connectivity index (χ2v) is 8.46. The Kier molecular flexibility index (Phi) is 6.53. The topological polar surface area (TPSA) is 83.4 Å². The van der Waals surface area contributed by atoms with Crippen LogP contribution in [0, 0.1) is 5.82 Å². The molecule has 0 saturated carbocycles. The number of hydrogen-bond donors (Lipinski definition) is 2. The Bertz CT molecular complexity index is 1300. The number of rotatable bonds is 6. The molecule has 3 heterocycles. The van der Waals surface area contributed by atoms with Gasteiger partial charge >= 0.3 is 0 Å². The van der Waals surface area contributed by atoms with E-state index in [0.29, 0.717) is 48.5 Å². The van der Waals surface area contributed by atoms with Gasteiger partial charge in [0, 0.05) is 54.7 Å². The van der Waals surface area contributed by atoms with Crippen LogP contribution in [-0.4, -0.2) is 52.5 Å². The van der Waals surface area contributed by atoms with Crippen molar-refractivity contribution in [2.24, 2.45) is 0 Å². The fourth-order valence-corrected chi connectivity index (χ4v) is 4.22. The zero-order chi connectivity index (χ0) is 23.5. The largest absolute Gasteiger partial charge is 0.394 e. The Labute approximate surface area is 201 Å². The SMILES string of the molecule is OCC1CN(c2ncc(-c3ccc4ncc(Cl)c(NCc5ccccc5F)c4c3)cn2)CCO1. The Hall–Kier alpha value is -3.33. The molecule has 0 aliphatic carbocycles. The first kappa shape index (κ1) is 22.5. The van der Waals surface area contributed by atoms with Gasteiger partial charge in [0.05, 0.1) is 35.5 Å². The van der Waals surface area contributed by atoms with Crippen molar-refractivity contribution < 1.29 is 14.2 Å². The van der Waals surface area contributed by atoms with E-state index in [-0.39, 0.29) is 18.5 Å². The molecule has 1 fully saturated rings. The van der Waals surface area contributed by atoms with Crippen LogP contribution in [0.1, 0.15) is 5.56 Å². The summed E-state index contributed by atoms with van der Waals surface area (Å²) in [5.74, 6) is 0.330. The molecule has 1 aliphatic rings. The third-order valence-corrected chi connectivity index (χ3v) is 6.12. The summed E-state index contributed by atoms with van der Waals surface area (Å²) in [5.41, 5.74) is 3.77. The molecule has 5 rings (SSSR count). The average molecular weight is 480 g/mol. The first-order chi connectivity index (χ1) is 16.6. The van der Waals surface area contributed by atoms with E-state index in [1.54, 1.807) is 36.8 Å². The number of aliphatic hydroxyl groups excluding tert-OH is 1. The number of pyridine rings is 1. The van der Waals surface area contributed by atoms with Gasteiger partial charge in [-0.25, -0.2) is 14.4 Å². The predicted molar refractivity (Wildman–Crippen MR) is 131 cm³/mol. The lowest BCUT2D eigenvalue weighted by atomic mass is 10.0. The van der Waals surface area contributed by atoms with Crippen LogP contribution in [0.5, 0.6) is 0 Å².